The number of benzene rings is 4. The predicted octanol–water partition coefficient (Wildman–Crippen LogP) is 9.82. The van der Waals surface area contributed by atoms with Crippen molar-refractivity contribution in [3.63, 3.8) is 0 Å². The smallest absolute Gasteiger partial charge is 1.00 e. The van der Waals surface area contributed by atoms with Gasteiger partial charge >= 0.3 is 29.6 Å². The summed E-state index contributed by atoms with van der Waals surface area (Å²) in [5, 5.41) is 6.27. The fourth-order valence-electron chi connectivity index (χ4n) is 4.26. The number of alkyl halides is 3. The van der Waals surface area contributed by atoms with Gasteiger partial charge in [0.05, 0.1) is 25.6 Å². The monoisotopic (exact) mass is 1050 g/mol. The zero-order valence-electron chi connectivity index (χ0n) is 24.8. The number of ether oxygens (including phenoxy) is 4. The molecular weight excluding hydrogens is 1030 g/mol. The zero-order valence-corrected chi connectivity index (χ0v) is 36.9. The maximum absolute atomic E-state index is 6.04. The van der Waals surface area contributed by atoms with Gasteiger partial charge in [0.25, 0.3) is 0 Å². The van der Waals surface area contributed by atoms with E-state index in [1.165, 1.54) is 0 Å². The van der Waals surface area contributed by atoms with E-state index in [2.05, 4.69) is 128 Å². The van der Waals surface area contributed by atoms with Crippen molar-refractivity contribution >= 4 is 134 Å². The summed E-state index contributed by atoms with van der Waals surface area (Å²) in [7, 11) is 3.31. The second kappa shape index (κ2) is 18.5. The molecule has 0 spiro atoms. The number of halogens is 7. The summed E-state index contributed by atoms with van der Waals surface area (Å²) in [5.41, 5.74) is 3.73. The Balaban J connectivity index is 0.000000272. The molecule has 2 aliphatic rings. The molecule has 6 nitrogen and oxygen atoms in total. The number of methoxy groups -OCH3 is 2. The van der Waals surface area contributed by atoms with Crippen LogP contribution >= 0.6 is 112 Å². The summed E-state index contributed by atoms with van der Waals surface area (Å²) in [5.74, 6) is 4.70. The van der Waals surface area contributed by atoms with Gasteiger partial charge in [0.2, 0.25) is 0 Å². The van der Waals surface area contributed by atoms with Gasteiger partial charge in [0.15, 0.2) is 23.0 Å². The van der Waals surface area contributed by atoms with E-state index in [0.29, 0.717) is 0 Å². The molecule has 0 saturated heterocycles. The molecule has 6 rings (SSSR count). The number of rotatable bonds is 5. The van der Waals surface area contributed by atoms with Gasteiger partial charge < -0.3 is 30.6 Å². The molecule has 0 radical (unpaired) electrons. The molecule has 2 heterocycles. The van der Waals surface area contributed by atoms with E-state index in [1.807, 2.05) is 54.6 Å². The number of nitrogens with zero attached hydrogens (tertiary/aromatic N) is 1. The van der Waals surface area contributed by atoms with Gasteiger partial charge in [-0.1, -0.05) is 112 Å². The van der Waals surface area contributed by atoms with Crippen LogP contribution in [0.1, 0.15) is 1.43 Å². The Hall–Kier alpha value is 0.0400. The van der Waals surface area contributed by atoms with Gasteiger partial charge in [-0.15, -0.1) is 0 Å². The Morgan fingerprint density at radius 2 is 1.23 bits per heavy atom. The van der Waals surface area contributed by atoms with Crippen LogP contribution in [-0.2, 0) is 0 Å². The molecule has 0 unspecified atom stereocenters. The first kappa shape index (κ1) is 38.5. The molecule has 14 heteroatoms. The van der Waals surface area contributed by atoms with Crippen molar-refractivity contribution in [2.24, 2.45) is 0 Å². The first-order chi connectivity index (χ1) is 20.7. The van der Waals surface area contributed by atoms with Crippen LogP contribution in [0.5, 0.6) is 34.5 Å². The molecule has 230 valence electrons. The van der Waals surface area contributed by atoms with Crippen molar-refractivity contribution in [1.29, 1.82) is 0 Å². The second-order valence-electron chi connectivity index (χ2n) is 8.74. The molecule has 44 heavy (non-hydrogen) atoms. The molecule has 1 N–H and O–H groups in total. The van der Waals surface area contributed by atoms with Crippen LogP contribution in [-0.4, -0.2) is 36.8 Å². The Morgan fingerprint density at radius 1 is 0.659 bits per heavy atom. The summed E-state index contributed by atoms with van der Waals surface area (Å²) in [6, 6.07) is 19.6. The Morgan fingerprint density at radius 3 is 1.84 bits per heavy atom. The minimum Gasteiger partial charge on any atom is -1.00 e. The quantitative estimate of drug-likeness (QED) is 0.140. The van der Waals surface area contributed by atoms with Crippen LogP contribution in [0.3, 0.4) is 0 Å². The van der Waals surface area contributed by atoms with Crippen molar-refractivity contribution in [1.82, 2.24) is 0 Å². The van der Waals surface area contributed by atoms with Crippen LogP contribution < -0.4 is 58.7 Å². The van der Waals surface area contributed by atoms with Crippen molar-refractivity contribution in [2.75, 3.05) is 47.0 Å². The molecule has 0 fully saturated rings. The topological polar surface area (TPSA) is 52.2 Å². The van der Waals surface area contributed by atoms with Crippen molar-refractivity contribution in [3.05, 3.63) is 78.6 Å². The van der Waals surface area contributed by atoms with E-state index < -0.39 is 0 Å². The molecule has 4 aromatic carbocycles. The maximum atomic E-state index is 6.04. The molecule has 2 aliphatic heterocycles. The second-order valence-corrected chi connectivity index (χ2v) is 14.8. The van der Waals surface area contributed by atoms with E-state index in [-0.39, 0.29) is 31.0 Å². The summed E-state index contributed by atoms with van der Waals surface area (Å²) in [6.07, 6.45) is 0. The first-order valence-corrected chi connectivity index (χ1v) is 19.2. The molecule has 4 aromatic rings. The third kappa shape index (κ3) is 9.56. The van der Waals surface area contributed by atoms with Crippen molar-refractivity contribution in [2.45, 2.75) is 0 Å². The van der Waals surface area contributed by atoms with Gasteiger partial charge in [-0.25, -0.2) is 0 Å². The minimum absolute atomic E-state index is 0. The van der Waals surface area contributed by atoms with Gasteiger partial charge in [-0.2, -0.15) is 0 Å². The summed E-state index contributed by atoms with van der Waals surface area (Å²) >= 11 is 23.8. The average molecular weight is 1060 g/mol. The number of hydrogen-bond acceptors (Lipinski definition) is 6. The normalized spacial score (nSPS) is 11.5. The van der Waals surface area contributed by atoms with E-state index in [9.17, 15) is 0 Å². The number of anilines is 4. The third-order valence-electron chi connectivity index (χ3n) is 5.98. The third-order valence-corrected chi connectivity index (χ3v) is 10.1. The van der Waals surface area contributed by atoms with E-state index >= 15 is 0 Å². The van der Waals surface area contributed by atoms with E-state index in [4.69, 9.17) is 18.9 Å². The van der Waals surface area contributed by atoms with Crippen LogP contribution in [0.4, 0.5) is 22.7 Å². The molecule has 0 saturated carbocycles. The Kier molecular flexibility index (Phi) is 16.2. The maximum Gasteiger partial charge on any atom is 1.00 e. The van der Waals surface area contributed by atoms with Crippen LogP contribution in [0.15, 0.2) is 78.6 Å². The van der Waals surface area contributed by atoms with E-state index in [1.54, 1.807) is 14.2 Å². The van der Waals surface area contributed by atoms with Gasteiger partial charge in [0, 0.05) is 40.4 Å². The Bertz CT molecular complexity index is 1600. The largest absolute Gasteiger partial charge is 1.00 e. The van der Waals surface area contributed by atoms with Gasteiger partial charge in [-0.05, 0) is 60.7 Å². The predicted molar refractivity (Wildman–Crippen MR) is 203 cm³/mol. The summed E-state index contributed by atoms with van der Waals surface area (Å²) in [4.78, 5) is 2.21. The van der Waals surface area contributed by atoms with Gasteiger partial charge in [-0.3, -0.25) is 0 Å². The number of hydrogen-bond donors (Lipinski definition) is 1. The molecular formula is C30H26Br7N2NaO4. The zero-order chi connectivity index (χ0) is 31.1. The first-order valence-electron chi connectivity index (χ1n) is 12.6. The molecule has 0 atom stereocenters. The number of nitrogens with one attached hydrogen (secondary N) is 1. The summed E-state index contributed by atoms with van der Waals surface area (Å²) < 4.78 is 26.7. The average Bonchev–Trinajstić information content (AvgIpc) is 3.00. The van der Waals surface area contributed by atoms with Crippen molar-refractivity contribution in [3.8, 4) is 34.5 Å². The molecule has 0 aromatic heterocycles. The van der Waals surface area contributed by atoms with Crippen LogP contribution in [0.25, 0.3) is 0 Å². The molecule has 0 bridgehead atoms. The van der Waals surface area contributed by atoms with Crippen LogP contribution in [0, 0.1) is 0 Å². The standard InChI is InChI=1S/C15H12Br3NO2.C13H9Br2NO2.C2H4Br2.Na.H/c1-20-13-7-10(18)8-14-15(13)19(5-4-16)11-6-9(17)2-3-12(11)21-14;1-17-11-5-8(15)6-12-13(11)16-9-4-7(14)2-3-10(9)18-12;3-1-2-4;;/h2-3,6-8H,4-5H2,1H3;2-6,16H,1H3;1-2H2;;/q;;;+1;-1. The molecule has 0 amide bonds. The SMILES string of the molecule is BrCCBr.COc1cc(Br)cc2c1N(CCBr)c1cc(Br)ccc1O2.COc1cc(Br)cc2c1Nc1cc(Br)ccc1O2.[H-].[Na+]. The Labute approximate surface area is 340 Å². The molecule has 0 aliphatic carbocycles. The van der Waals surface area contributed by atoms with Crippen LogP contribution in [0.2, 0.25) is 0 Å². The summed E-state index contributed by atoms with van der Waals surface area (Å²) in [6.45, 7) is 0.817. The van der Waals surface area contributed by atoms with Crippen molar-refractivity contribution < 1.29 is 49.9 Å². The fourth-order valence-corrected chi connectivity index (χ4v) is 6.15. The fraction of sp³-hybridized carbons (Fsp3) is 0.200. The van der Waals surface area contributed by atoms with Gasteiger partial charge in [0.1, 0.15) is 22.9 Å². The minimum atomic E-state index is 0. The number of fused-ring (bicyclic) bond motifs is 4. The van der Waals surface area contributed by atoms with E-state index in [0.717, 1.165) is 97.7 Å².